The smallest absolute Gasteiger partial charge is 0.232 e. The second-order valence-corrected chi connectivity index (χ2v) is 4.75. The lowest BCUT2D eigenvalue weighted by Gasteiger charge is -2.17. The number of rotatable bonds is 5. The average Bonchev–Trinajstić information content (AvgIpc) is 2.47. The summed E-state index contributed by atoms with van der Waals surface area (Å²) in [6.45, 7) is 0.450. The standard InChI is InChI=1S/C13H15BrN4O/c1-19-12-10(14)8-16-13(18-12)17-11(7-15)9-5-3-2-4-6-9/h2-6,8,11H,7,15H2,1H3,(H,16,17,18). The molecule has 3 N–H and O–H groups in total. The second-order valence-electron chi connectivity index (χ2n) is 3.89. The first-order chi connectivity index (χ1) is 9.24. The van der Waals surface area contributed by atoms with E-state index in [0.717, 1.165) is 5.56 Å². The summed E-state index contributed by atoms with van der Waals surface area (Å²) in [5, 5.41) is 3.20. The highest BCUT2D eigenvalue weighted by Crippen LogP contribution is 2.23. The van der Waals surface area contributed by atoms with E-state index >= 15 is 0 Å². The third-order valence-electron chi connectivity index (χ3n) is 2.65. The van der Waals surface area contributed by atoms with Gasteiger partial charge in [0.25, 0.3) is 0 Å². The molecule has 5 nitrogen and oxygen atoms in total. The Morgan fingerprint density at radius 1 is 1.37 bits per heavy atom. The van der Waals surface area contributed by atoms with Crippen LogP contribution in [0.3, 0.4) is 0 Å². The summed E-state index contributed by atoms with van der Waals surface area (Å²) < 4.78 is 5.85. The second kappa shape index (κ2) is 6.49. The van der Waals surface area contributed by atoms with Crippen LogP contribution in [0.1, 0.15) is 11.6 Å². The molecule has 0 amide bonds. The van der Waals surface area contributed by atoms with Gasteiger partial charge in [-0.3, -0.25) is 0 Å². The van der Waals surface area contributed by atoms with E-state index in [2.05, 4.69) is 31.2 Å². The summed E-state index contributed by atoms with van der Waals surface area (Å²) in [6.07, 6.45) is 1.65. The van der Waals surface area contributed by atoms with Crippen LogP contribution in [0.4, 0.5) is 5.95 Å². The van der Waals surface area contributed by atoms with Crippen LogP contribution in [0.25, 0.3) is 0 Å². The van der Waals surface area contributed by atoms with E-state index in [-0.39, 0.29) is 6.04 Å². The maximum Gasteiger partial charge on any atom is 0.232 e. The van der Waals surface area contributed by atoms with E-state index in [1.54, 1.807) is 13.3 Å². The Balaban J connectivity index is 2.19. The lowest BCUT2D eigenvalue weighted by Crippen LogP contribution is -2.21. The van der Waals surface area contributed by atoms with Crippen molar-refractivity contribution >= 4 is 21.9 Å². The average molecular weight is 323 g/mol. The van der Waals surface area contributed by atoms with Gasteiger partial charge in [-0.15, -0.1) is 0 Å². The lowest BCUT2D eigenvalue weighted by atomic mass is 10.1. The molecule has 1 atom stereocenters. The van der Waals surface area contributed by atoms with Crippen LogP contribution < -0.4 is 15.8 Å². The van der Waals surface area contributed by atoms with Gasteiger partial charge in [0, 0.05) is 6.54 Å². The molecule has 1 aromatic heterocycles. The fourth-order valence-corrected chi connectivity index (χ4v) is 2.04. The van der Waals surface area contributed by atoms with Crippen molar-refractivity contribution in [3.05, 3.63) is 46.6 Å². The van der Waals surface area contributed by atoms with E-state index in [0.29, 0.717) is 22.8 Å². The number of aromatic nitrogens is 2. The summed E-state index contributed by atoms with van der Waals surface area (Å²) in [5.41, 5.74) is 6.89. The Hall–Kier alpha value is -1.66. The van der Waals surface area contributed by atoms with E-state index < -0.39 is 0 Å². The quantitative estimate of drug-likeness (QED) is 0.884. The van der Waals surface area contributed by atoms with Crippen molar-refractivity contribution in [3.63, 3.8) is 0 Å². The Morgan fingerprint density at radius 3 is 2.74 bits per heavy atom. The van der Waals surface area contributed by atoms with Gasteiger partial charge in [0.15, 0.2) is 0 Å². The third kappa shape index (κ3) is 3.42. The van der Waals surface area contributed by atoms with Gasteiger partial charge in [-0.1, -0.05) is 30.3 Å². The van der Waals surface area contributed by atoms with Crippen LogP contribution in [-0.4, -0.2) is 23.6 Å². The fraction of sp³-hybridized carbons (Fsp3) is 0.231. The third-order valence-corrected chi connectivity index (χ3v) is 3.19. The molecule has 0 bridgehead atoms. The van der Waals surface area contributed by atoms with Crippen LogP contribution in [0.5, 0.6) is 5.88 Å². The zero-order valence-electron chi connectivity index (χ0n) is 10.5. The molecule has 0 aliphatic heterocycles. The maximum absolute atomic E-state index is 5.79. The number of methoxy groups -OCH3 is 1. The molecule has 1 unspecified atom stereocenters. The first kappa shape index (κ1) is 13.8. The number of halogens is 1. The largest absolute Gasteiger partial charge is 0.480 e. The highest BCUT2D eigenvalue weighted by atomic mass is 79.9. The van der Waals surface area contributed by atoms with Crippen molar-refractivity contribution in [3.8, 4) is 5.88 Å². The molecular weight excluding hydrogens is 308 g/mol. The zero-order chi connectivity index (χ0) is 13.7. The minimum atomic E-state index is -0.0351. The van der Waals surface area contributed by atoms with Gasteiger partial charge in [0.2, 0.25) is 11.8 Å². The molecule has 19 heavy (non-hydrogen) atoms. The van der Waals surface area contributed by atoms with Crippen molar-refractivity contribution in [1.29, 1.82) is 0 Å². The summed E-state index contributed by atoms with van der Waals surface area (Å²) in [5.74, 6) is 0.973. The van der Waals surface area contributed by atoms with Crippen molar-refractivity contribution in [2.75, 3.05) is 19.0 Å². The summed E-state index contributed by atoms with van der Waals surface area (Å²) in [6, 6.07) is 9.91. The molecule has 0 saturated heterocycles. The number of hydrogen-bond acceptors (Lipinski definition) is 5. The topological polar surface area (TPSA) is 73.1 Å². The molecule has 2 rings (SSSR count). The van der Waals surface area contributed by atoms with E-state index in [9.17, 15) is 0 Å². The number of benzene rings is 1. The number of nitrogens with one attached hydrogen (secondary N) is 1. The van der Waals surface area contributed by atoms with Gasteiger partial charge in [0.05, 0.1) is 23.8 Å². The van der Waals surface area contributed by atoms with Crippen molar-refractivity contribution in [2.45, 2.75) is 6.04 Å². The highest BCUT2D eigenvalue weighted by molar-refractivity contribution is 9.10. The lowest BCUT2D eigenvalue weighted by molar-refractivity contribution is 0.394. The molecule has 6 heteroatoms. The monoisotopic (exact) mass is 322 g/mol. The molecular formula is C13H15BrN4O. The predicted octanol–water partition coefficient (Wildman–Crippen LogP) is 2.36. The normalized spacial score (nSPS) is 11.9. The zero-order valence-corrected chi connectivity index (χ0v) is 12.1. The minimum Gasteiger partial charge on any atom is -0.480 e. The van der Waals surface area contributed by atoms with Gasteiger partial charge < -0.3 is 15.8 Å². The number of anilines is 1. The van der Waals surface area contributed by atoms with Crippen LogP contribution in [0, 0.1) is 0 Å². The SMILES string of the molecule is COc1nc(NC(CN)c2ccccc2)ncc1Br. The van der Waals surface area contributed by atoms with Crippen molar-refractivity contribution in [1.82, 2.24) is 9.97 Å². The van der Waals surface area contributed by atoms with Gasteiger partial charge >= 0.3 is 0 Å². The molecule has 0 saturated carbocycles. The fourth-order valence-electron chi connectivity index (χ4n) is 1.68. The van der Waals surface area contributed by atoms with Crippen LogP contribution >= 0.6 is 15.9 Å². The molecule has 0 aliphatic carbocycles. The molecule has 100 valence electrons. The van der Waals surface area contributed by atoms with Crippen molar-refractivity contribution in [2.24, 2.45) is 5.73 Å². The first-order valence-electron chi connectivity index (χ1n) is 5.82. The summed E-state index contributed by atoms with van der Waals surface area (Å²) >= 11 is 3.32. The molecule has 2 aromatic rings. The molecule has 1 heterocycles. The Bertz CT molecular complexity index is 535. The Labute approximate surface area is 120 Å². The van der Waals surface area contributed by atoms with Gasteiger partial charge in [-0.2, -0.15) is 4.98 Å². The van der Waals surface area contributed by atoms with Gasteiger partial charge in [0.1, 0.15) is 0 Å². The van der Waals surface area contributed by atoms with Crippen LogP contribution in [0.15, 0.2) is 41.0 Å². The van der Waals surface area contributed by atoms with Crippen LogP contribution in [0.2, 0.25) is 0 Å². The number of hydrogen-bond donors (Lipinski definition) is 2. The van der Waals surface area contributed by atoms with Crippen molar-refractivity contribution < 1.29 is 4.74 Å². The van der Waals surface area contributed by atoms with E-state index in [4.69, 9.17) is 10.5 Å². The summed E-state index contributed by atoms with van der Waals surface area (Å²) in [4.78, 5) is 8.45. The Morgan fingerprint density at radius 2 is 2.11 bits per heavy atom. The summed E-state index contributed by atoms with van der Waals surface area (Å²) in [7, 11) is 1.56. The first-order valence-corrected chi connectivity index (χ1v) is 6.62. The number of nitrogens with zero attached hydrogens (tertiary/aromatic N) is 2. The molecule has 0 fully saturated rings. The van der Waals surface area contributed by atoms with E-state index in [1.165, 1.54) is 0 Å². The molecule has 0 radical (unpaired) electrons. The molecule has 1 aromatic carbocycles. The predicted molar refractivity (Wildman–Crippen MR) is 78.1 cm³/mol. The molecule has 0 spiro atoms. The number of nitrogens with two attached hydrogens (primary N) is 1. The van der Waals surface area contributed by atoms with Crippen LogP contribution in [-0.2, 0) is 0 Å². The maximum atomic E-state index is 5.79. The Kier molecular flexibility index (Phi) is 4.70. The molecule has 0 aliphatic rings. The van der Waals surface area contributed by atoms with E-state index in [1.807, 2.05) is 30.3 Å². The highest BCUT2D eigenvalue weighted by Gasteiger charge is 2.12. The number of ether oxygens (including phenoxy) is 1. The van der Waals surface area contributed by atoms with Gasteiger partial charge in [-0.25, -0.2) is 4.98 Å². The minimum absolute atomic E-state index is 0.0351. The van der Waals surface area contributed by atoms with Gasteiger partial charge in [-0.05, 0) is 21.5 Å².